The fourth-order valence-corrected chi connectivity index (χ4v) is 3.07. The number of rotatable bonds is 6. The number of benzene rings is 2. The maximum Gasteiger partial charge on any atom is 0.322 e. The summed E-state index contributed by atoms with van der Waals surface area (Å²) in [5, 5.41) is 10.1. The molecule has 10 heteroatoms. The first kappa shape index (κ1) is 19.4. The van der Waals surface area contributed by atoms with E-state index >= 15 is 0 Å². The molecule has 3 aromatic rings. The number of carbonyl (C=O) groups is 1. The molecule has 0 saturated heterocycles. The Morgan fingerprint density at radius 2 is 1.86 bits per heavy atom. The van der Waals surface area contributed by atoms with E-state index < -0.39 is 15.7 Å². The van der Waals surface area contributed by atoms with E-state index in [9.17, 15) is 13.2 Å². The molecule has 1 heterocycles. The molecule has 1 aromatic heterocycles. The van der Waals surface area contributed by atoms with E-state index in [0.29, 0.717) is 17.1 Å². The minimum absolute atomic E-state index is 0.0718. The van der Waals surface area contributed by atoms with Crippen LogP contribution < -0.4 is 14.8 Å². The zero-order valence-corrected chi connectivity index (χ0v) is 16.1. The van der Waals surface area contributed by atoms with Crippen molar-refractivity contribution in [2.75, 3.05) is 25.8 Å². The van der Waals surface area contributed by atoms with Crippen molar-refractivity contribution in [2.24, 2.45) is 0 Å². The van der Waals surface area contributed by atoms with Crippen molar-refractivity contribution in [2.45, 2.75) is 4.90 Å². The Morgan fingerprint density at radius 3 is 2.54 bits per heavy atom. The highest BCUT2D eigenvalue weighted by molar-refractivity contribution is 7.90. The van der Waals surface area contributed by atoms with Gasteiger partial charge in [-0.25, -0.2) is 8.42 Å². The van der Waals surface area contributed by atoms with Gasteiger partial charge in [0.25, 0.3) is 5.91 Å². The summed E-state index contributed by atoms with van der Waals surface area (Å²) in [4.78, 5) is 12.6. The summed E-state index contributed by atoms with van der Waals surface area (Å²) in [6.45, 7) is 0. The van der Waals surface area contributed by atoms with Gasteiger partial charge in [-0.3, -0.25) is 10.1 Å². The number of anilines is 1. The first-order chi connectivity index (χ1) is 13.3. The number of nitrogens with zero attached hydrogens (tertiary/aromatic N) is 2. The molecule has 0 unspecified atom stereocenters. The minimum Gasteiger partial charge on any atom is -0.497 e. The van der Waals surface area contributed by atoms with Crippen molar-refractivity contribution >= 4 is 21.8 Å². The molecule has 0 aliphatic carbocycles. The number of aromatic nitrogens is 2. The van der Waals surface area contributed by atoms with Crippen LogP contribution in [0, 0.1) is 0 Å². The molecule has 1 N–H and O–H groups in total. The maximum atomic E-state index is 12.5. The van der Waals surface area contributed by atoms with Crippen LogP contribution in [0.5, 0.6) is 11.5 Å². The molecular weight excluding hydrogens is 386 g/mol. The fraction of sp³-hybridized carbons (Fsp3) is 0.167. The topological polar surface area (TPSA) is 121 Å². The monoisotopic (exact) mass is 403 g/mol. The summed E-state index contributed by atoms with van der Waals surface area (Å²) in [6.07, 6.45) is 1.10. The summed E-state index contributed by atoms with van der Waals surface area (Å²) in [5.74, 6) is 0.416. The molecule has 146 valence electrons. The van der Waals surface area contributed by atoms with Crippen LogP contribution in [0.2, 0.25) is 0 Å². The Balaban J connectivity index is 1.83. The zero-order valence-electron chi connectivity index (χ0n) is 15.3. The van der Waals surface area contributed by atoms with E-state index in [1.165, 1.54) is 26.4 Å². The molecule has 3 rings (SSSR count). The highest BCUT2D eigenvalue weighted by Gasteiger charge is 2.18. The number of carbonyl (C=O) groups excluding carboxylic acids is 1. The first-order valence-corrected chi connectivity index (χ1v) is 9.88. The van der Waals surface area contributed by atoms with Gasteiger partial charge in [0.15, 0.2) is 9.84 Å². The van der Waals surface area contributed by atoms with Crippen LogP contribution in [0.1, 0.15) is 10.4 Å². The lowest BCUT2D eigenvalue weighted by Gasteiger charge is -2.09. The molecule has 28 heavy (non-hydrogen) atoms. The molecular formula is C18H17N3O6S. The highest BCUT2D eigenvalue weighted by Crippen LogP contribution is 2.26. The van der Waals surface area contributed by atoms with E-state index in [2.05, 4.69) is 15.5 Å². The standard InChI is InChI=1S/C18H17N3O6S/c1-25-12-7-8-14(15(10-12)26-2)16(22)19-18-21-20-17(27-18)11-5-4-6-13(9-11)28(3,23)24/h4-10H,1-3H3,(H,19,21,22). The number of amides is 1. The second kappa shape index (κ2) is 7.69. The highest BCUT2D eigenvalue weighted by atomic mass is 32.2. The molecule has 0 bridgehead atoms. The molecule has 2 aromatic carbocycles. The Bertz CT molecular complexity index is 1120. The molecule has 0 atom stereocenters. The summed E-state index contributed by atoms with van der Waals surface area (Å²) in [7, 11) is -0.436. The Hall–Kier alpha value is -3.40. The quantitative estimate of drug-likeness (QED) is 0.666. The van der Waals surface area contributed by atoms with E-state index in [4.69, 9.17) is 13.9 Å². The number of ether oxygens (including phenoxy) is 2. The van der Waals surface area contributed by atoms with Gasteiger partial charge >= 0.3 is 6.01 Å². The van der Waals surface area contributed by atoms with E-state index in [1.807, 2.05) is 0 Å². The zero-order chi connectivity index (χ0) is 20.3. The first-order valence-electron chi connectivity index (χ1n) is 7.99. The van der Waals surface area contributed by atoms with Gasteiger partial charge < -0.3 is 13.9 Å². The van der Waals surface area contributed by atoms with Crippen LogP contribution in [-0.4, -0.2) is 45.0 Å². The fourth-order valence-electron chi connectivity index (χ4n) is 2.40. The van der Waals surface area contributed by atoms with Crippen molar-refractivity contribution in [3.63, 3.8) is 0 Å². The van der Waals surface area contributed by atoms with Crippen LogP contribution in [0.4, 0.5) is 6.01 Å². The smallest absolute Gasteiger partial charge is 0.322 e. The Morgan fingerprint density at radius 1 is 1.07 bits per heavy atom. The van der Waals surface area contributed by atoms with Crippen LogP contribution >= 0.6 is 0 Å². The number of methoxy groups -OCH3 is 2. The minimum atomic E-state index is -3.38. The van der Waals surface area contributed by atoms with Crippen molar-refractivity contribution < 1.29 is 27.1 Å². The Labute approximate surface area is 161 Å². The molecule has 0 radical (unpaired) electrons. The molecule has 0 saturated carbocycles. The van der Waals surface area contributed by atoms with Crippen molar-refractivity contribution in [1.82, 2.24) is 10.2 Å². The van der Waals surface area contributed by atoms with E-state index in [0.717, 1.165) is 6.26 Å². The molecule has 0 spiro atoms. The summed E-state index contributed by atoms with van der Waals surface area (Å²) >= 11 is 0. The van der Waals surface area contributed by atoms with Gasteiger partial charge in [0.1, 0.15) is 11.5 Å². The average molecular weight is 403 g/mol. The second-order valence-corrected chi connectivity index (χ2v) is 7.75. The van der Waals surface area contributed by atoms with Gasteiger partial charge in [-0.15, -0.1) is 5.10 Å². The van der Waals surface area contributed by atoms with Crippen LogP contribution in [0.25, 0.3) is 11.5 Å². The molecule has 0 aliphatic rings. The maximum absolute atomic E-state index is 12.5. The second-order valence-electron chi connectivity index (χ2n) is 5.73. The lowest BCUT2D eigenvalue weighted by molar-refractivity contribution is 0.102. The number of sulfone groups is 1. The largest absolute Gasteiger partial charge is 0.497 e. The lowest BCUT2D eigenvalue weighted by Crippen LogP contribution is -2.13. The molecule has 0 fully saturated rings. The molecule has 9 nitrogen and oxygen atoms in total. The molecule has 1 amide bonds. The Kier molecular flexibility index (Phi) is 5.32. The average Bonchev–Trinajstić information content (AvgIpc) is 3.15. The van der Waals surface area contributed by atoms with Gasteiger partial charge in [0.05, 0.1) is 24.7 Å². The normalized spacial score (nSPS) is 11.1. The summed E-state index contributed by atoms with van der Waals surface area (Å²) in [6, 6.07) is 10.7. The van der Waals surface area contributed by atoms with Gasteiger partial charge in [0.2, 0.25) is 5.89 Å². The van der Waals surface area contributed by atoms with Crippen molar-refractivity contribution in [1.29, 1.82) is 0 Å². The number of nitrogens with one attached hydrogen (secondary N) is 1. The summed E-state index contributed by atoms with van der Waals surface area (Å²) in [5.41, 5.74) is 0.667. The third-order valence-corrected chi connectivity index (χ3v) is 4.92. The predicted molar refractivity (Wildman–Crippen MR) is 100 cm³/mol. The van der Waals surface area contributed by atoms with Gasteiger partial charge in [0, 0.05) is 17.9 Å². The van der Waals surface area contributed by atoms with Crippen LogP contribution in [-0.2, 0) is 9.84 Å². The predicted octanol–water partition coefficient (Wildman–Crippen LogP) is 2.41. The van der Waals surface area contributed by atoms with Crippen molar-refractivity contribution in [3.05, 3.63) is 48.0 Å². The molecule has 0 aliphatic heterocycles. The third kappa shape index (κ3) is 4.12. The van der Waals surface area contributed by atoms with Crippen LogP contribution in [0.3, 0.4) is 0 Å². The van der Waals surface area contributed by atoms with E-state index in [1.54, 1.807) is 30.3 Å². The van der Waals surface area contributed by atoms with Gasteiger partial charge in [-0.1, -0.05) is 11.2 Å². The van der Waals surface area contributed by atoms with Crippen molar-refractivity contribution in [3.8, 4) is 23.0 Å². The van der Waals surface area contributed by atoms with Crippen LogP contribution in [0.15, 0.2) is 51.8 Å². The lowest BCUT2D eigenvalue weighted by atomic mass is 10.2. The third-order valence-electron chi connectivity index (χ3n) is 3.81. The SMILES string of the molecule is COc1ccc(C(=O)Nc2nnc(-c3cccc(S(C)(=O)=O)c3)o2)c(OC)c1. The van der Waals surface area contributed by atoms with E-state index in [-0.39, 0.29) is 22.4 Å². The van der Waals surface area contributed by atoms with Gasteiger partial charge in [-0.05, 0) is 30.3 Å². The summed E-state index contributed by atoms with van der Waals surface area (Å²) < 4.78 is 39.1. The van der Waals surface area contributed by atoms with Gasteiger partial charge in [-0.2, -0.15) is 0 Å². The number of hydrogen-bond acceptors (Lipinski definition) is 8. The number of hydrogen-bond donors (Lipinski definition) is 1.